The molecule has 0 aliphatic carbocycles. The maximum atomic E-state index is 10.5. The van der Waals surface area contributed by atoms with Gasteiger partial charge in [-0.3, -0.25) is 0 Å². The molecule has 0 amide bonds. The molecule has 6 heteroatoms. The van der Waals surface area contributed by atoms with Gasteiger partial charge >= 0.3 is 25.4 Å². The van der Waals surface area contributed by atoms with E-state index < -0.39 is 11.9 Å². The number of carbonyl (C=O) groups excluding carboxylic acids is 1. The quantitative estimate of drug-likeness (QED) is 0.237. The summed E-state index contributed by atoms with van der Waals surface area (Å²) in [5, 5.41) is 10.5. The summed E-state index contributed by atoms with van der Waals surface area (Å²) in [5.74, 6) is -1.32. The minimum atomic E-state index is -0.661. The summed E-state index contributed by atoms with van der Waals surface area (Å²) >= 11 is 0. The maximum absolute atomic E-state index is 10.5. The van der Waals surface area contributed by atoms with Crippen LogP contribution in [-0.4, -0.2) is 19.2 Å². The molecule has 0 aromatic carbocycles. The van der Waals surface area contributed by atoms with Crippen LogP contribution in [0.25, 0.3) is 0 Å². The summed E-state index contributed by atoms with van der Waals surface area (Å²) in [7, 11) is 0. The molecule has 0 rings (SSSR count). The molecular weight excluding hydrogens is 293 g/mol. The van der Waals surface area contributed by atoms with Crippen molar-refractivity contribution in [3.8, 4) is 0 Å². The van der Waals surface area contributed by atoms with Crippen molar-refractivity contribution in [2.24, 2.45) is 0 Å². The molecule has 0 bridgehead atoms. The molecular formula is C7H11BrO4Zn. The van der Waals surface area contributed by atoms with Crippen LogP contribution in [-0.2, 0) is 33.7 Å². The van der Waals surface area contributed by atoms with Gasteiger partial charge in [-0.25, -0.2) is 4.79 Å². The van der Waals surface area contributed by atoms with Gasteiger partial charge < -0.3 is 31.6 Å². The van der Waals surface area contributed by atoms with E-state index in [1.54, 1.807) is 13.8 Å². The van der Waals surface area contributed by atoms with Crippen molar-refractivity contribution in [3.05, 3.63) is 12.0 Å². The molecule has 0 saturated carbocycles. The molecule has 0 aliphatic heterocycles. The van der Waals surface area contributed by atoms with E-state index in [0.717, 1.165) is 6.08 Å². The molecule has 0 aromatic rings. The van der Waals surface area contributed by atoms with Gasteiger partial charge in [0.05, 0.1) is 12.6 Å². The van der Waals surface area contributed by atoms with Crippen LogP contribution in [0.5, 0.6) is 0 Å². The van der Waals surface area contributed by atoms with Gasteiger partial charge in [-0.05, 0) is 13.5 Å². The van der Waals surface area contributed by atoms with Crippen molar-refractivity contribution in [1.29, 1.82) is 0 Å². The number of esters is 1. The van der Waals surface area contributed by atoms with Crippen LogP contribution in [0.15, 0.2) is 12.0 Å². The summed E-state index contributed by atoms with van der Waals surface area (Å²) < 4.78 is 8.93. The molecule has 0 radical (unpaired) electrons. The molecule has 0 aromatic heterocycles. The zero-order valence-corrected chi connectivity index (χ0v) is 12.3. The van der Waals surface area contributed by atoms with E-state index in [-0.39, 0.29) is 49.7 Å². The Hall–Kier alpha value is -0.0866. The van der Waals surface area contributed by atoms with E-state index in [1.807, 2.05) is 0 Å². The molecule has 0 unspecified atom stereocenters. The van der Waals surface area contributed by atoms with Crippen LogP contribution >= 0.6 is 0 Å². The topological polar surface area (TPSA) is 58.6 Å². The Labute approximate surface area is 101 Å². The third-order valence-corrected chi connectivity index (χ3v) is 0.809. The number of rotatable bonds is 4. The van der Waals surface area contributed by atoms with Gasteiger partial charge in [0.2, 0.25) is 0 Å². The molecule has 0 atom stereocenters. The summed E-state index contributed by atoms with van der Waals surface area (Å²) in [6, 6.07) is 0. The Morgan fingerprint density at radius 2 is 1.77 bits per heavy atom. The fourth-order valence-electron chi connectivity index (χ4n) is 0.464. The second-order valence-corrected chi connectivity index (χ2v) is 1.65. The third kappa shape index (κ3) is 11.9. The summed E-state index contributed by atoms with van der Waals surface area (Å²) in [6.07, 6.45) is 0.785. The average Bonchev–Trinajstić information content (AvgIpc) is 1.87. The van der Waals surface area contributed by atoms with Crippen LogP contribution in [0.2, 0.25) is 0 Å². The van der Waals surface area contributed by atoms with Crippen molar-refractivity contribution in [2.45, 2.75) is 13.8 Å². The van der Waals surface area contributed by atoms with Gasteiger partial charge in [-0.1, -0.05) is 6.92 Å². The van der Waals surface area contributed by atoms with E-state index in [0.29, 0.717) is 0 Å². The Kier molecular flexibility index (Phi) is 17.1. The standard InChI is InChI=1S/C7H12O4.BrH.Zn/c1-3-10-6(8)5-7(9)11-4-2;;/h5,8H,3-4H2,1-2H3;1H;/q;;+2/p-2/b6-5+;;. The maximum Gasteiger partial charge on any atom is 2.00 e. The molecule has 0 heterocycles. The molecule has 0 N–H and O–H groups in total. The smallest absolute Gasteiger partial charge is 1.00 e. The van der Waals surface area contributed by atoms with E-state index in [2.05, 4.69) is 9.47 Å². The fraction of sp³-hybridized carbons (Fsp3) is 0.571. The zero-order chi connectivity index (χ0) is 8.69. The summed E-state index contributed by atoms with van der Waals surface area (Å²) in [6.45, 7) is 3.84. The monoisotopic (exact) mass is 302 g/mol. The van der Waals surface area contributed by atoms with Crippen molar-refractivity contribution in [1.82, 2.24) is 0 Å². The minimum absolute atomic E-state index is 0. The Balaban J connectivity index is -0.000000500. The predicted octanol–water partition coefficient (Wildman–Crippen LogP) is -3.21. The first-order valence-electron chi connectivity index (χ1n) is 3.39. The zero-order valence-electron chi connectivity index (χ0n) is 7.71. The SMILES string of the molecule is CCOC(=O)/C=C(\[O-])OCC.[Br-].[Zn+2]. The van der Waals surface area contributed by atoms with Crippen molar-refractivity contribution >= 4 is 5.97 Å². The van der Waals surface area contributed by atoms with Crippen LogP contribution < -0.4 is 22.1 Å². The minimum Gasteiger partial charge on any atom is -1.00 e. The van der Waals surface area contributed by atoms with Crippen molar-refractivity contribution in [3.63, 3.8) is 0 Å². The molecule has 0 spiro atoms. The van der Waals surface area contributed by atoms with E-state index in [9.17, 15) is 9.90 Å². The predicted molar refractivity (Wildman–Crippen MR) is 36.3 cm³/mol. The Bertz CT molecular complexity index is 161. The van der Waals surface area contributed by atoms with Crippen molar-refractivity contribution < 1.29 is 55.8 Å². The van der Waals surface area contributed by atoms with Gasteiger partial charge in [0.25, 0.3) is 0 Å². The molecule has 13 heavy (non-hydrogen) atoms. The normalized spacial score (nSPS) is 9.23. The van der Waals surface area contributed by atoms with Gasteiger partial charge in [0, 0.05) is 6.08 Å². The largest absolute Gasteiger partial charge is 2.00 e. The van der Waals surface area contributed by atoms with E-state index in [1.165, 1.54) is 0 Å². The number of hydrogen-bond acceptors (Lipinski definition) is 4. The van der Waals surface area contributed by atoms with Crippen LogP contribution in [0, 0.1) is 0 Å². The Morgan fingerprint density at radius 1 is 1.31 bits per heavy atom. The number of hydrogen-bond donors (Lipinski definition) is 0. The van der Waals surface area contributed by atoms with Crippen LogP contribution in [0.3, 0.4) is 0 Å². The second-order valence-electron chi connectivity index (χ2n) is 1.65. The molecule has 0 aliphatic rings. The first-order valence-corrected chi connectivity index (χ1v) is 3.39. The van der Waals surface area contributed by atoms with E-state index >= 15 is 0 Å². The number of halogens is 1. The molecule has 4 nitrogen and oxygen atoms in total. The first-order chi connectivity index (χ1) is 5.20. The Morgan fingerprint density at radius 3 is 2.15 bits per heavy atom. The summed E-state index contributed by atoms with van der Waals surface area (Å²) in [5.41, 5.74) is 0. The summed E-state index contributed by atoms with van der Waals surface area (Å²) in [4.78, 5) is 10.5. The fourth-order valence-corrected chi connectivity index (χ4v) is 0.464. The van der Waals surface area contributed by atoms with Crippen LogP contribution in [0.1, 0.15) is 13.8 Å². The average molecular weight is 304 g/mol. The van der Waals surface area contributed by atoms with Gasteiger partial charge in [0.15, 0.2) is 0 Å². The van der Waals surface area contributed by atoms with Crippen LogP contribution in [0.4, 0.5) is 0 Å². The third-order valence-electron chi connectivity index (χ3n) is 0.809. The van der Waals surface area contributed by atoms with Crippen molar-refractivity contribution in [2.75, 3.05) is 13.2 Å². The molecule has 0 saturated heterocycles. The van der Waals surface area contributed by atoms with Gasteiger partial charge in [-0.2, -0.15) is 0 Å². The second kappa shape index (κ2) is 11.9. The first kappa shape index (κ1) is 18.6. The van der Waals surface area contributed by atoms with Gasteiger partial charge in [0.1, 0.15) is 0 Å². The number of ether oxygens (including phenoxy) is 2. The van der Waals surface area contributed by atoms with E-state index in [4.69, 9.17) is 0 Å². The van der Waals surface area contributed by atoms with Gasteiger partial charge in [-0.15, -0.1) is 0 Å². The molecule has 0 fully saturated rings. The number of carbonyl (C=O) groups is 1. The molecule has 72 valence electrons.